The second-order valence-corrected chi connectivity index (χ2v) is 6.47. The lowest BCUT2D eigenvalue weighted by Crippen LogP contribution is -2.21. The summed E-state index contributed by atoms with van der Waals surface area (Å²) in [7, 11) is 0. The molecule has 0 aliphatic heterocycles. The number of aromatic nitrogens is 2. The number of hydrogen-bond acceptors (Lipinski definition) is 5. The van der Waals surface area contributed by atoms with Gasteiger partial charge < -0.3 is 15.5 Å². The van der Waals surface area contributed by atoms with Gasteiger partial charge in [0.1, 0.15) is 23.3 Å². The Balaban J connectivity index is 1.70. The molecule has 0 amide bonds. The van der Waals surface area contributed by atoms with Gasteiger partial charge in [0.15, 0.2) is 0 Å². The number of anilines is 4. The van der Waals surface area contributed by atoms with Crippen LogP contribution in [0.1, 0.15) is 25.2 Å². The zero-order valence-electron chi connectivity index (χ0n) is 16.5. The van der Waals surface area contributed by atoms with E-state index in [9.17, 15) is 4.39 Å². The van der Waals surface area contributed by atoms with E-state index in [0.29, 0.717) is 29.6 Å². The van der Waals surface area contributed by atoms with Crippen LogP contribution in [0, 0.1) is 12.7 Å². The van der Waals surface area contributed by atoms with Crippen LogP contribution < -0.4 is 15.5 Å². The van der Waals surface area contributed by atoms with Crippen LogP contribution in [0.25, 0.3) is 0 Å². The van der Waals surface area contributed by atoms with Crippen molar-refractivity contribution in [1.29, 1.82) is 0 Å². The molecule has 6 heteroatoms. The highest BCUT2D eigenvalue weighted by atomic mass is 19.1. The minimum absolute atomic E-state index is 0.229. The van der Waals surface area contributed by atoms with Crippen molar-refractivity contribution in [2.24, 2.45) is 0 Å². The summed E-state index contributed by atoms with van der Waals surface area (Å²) >= 11 is 0. The van der Waals surface area contributed by atoms with Crippen molar-refractivity contribution in [3.05, 3.63) is 71.8 Å². The van der Waals surface area contributed by atoms with Crippen LogP contribution in [0.15, 0.2) is 54.6 Å². The van der Waals surface area contributed by atoms with E-state index in [-0.39, 0.29) is 5.82 Å². The van der Waals surface area contributed by atoms with Crippen molar-refractivity contribution in [3.63, 3.8) is 0 Å². The smallest absolute Gasteiger partial charge is 0.136 e. The Morgan fingerprint density at radius 2 is 1.61 bits per heavy atom. The third-order valence-corrected chi connectivity index (χ3v) is 4.52. The summed E-state index contributed by atoms with van der Waals surface area (Å²) in [5.74, 6) is 1.75. The molecule has 146 valence electrons. The van der Waals surface area contributed by atoms with Gasteiger partial charge in [0, 0.05) is 42.6 Å². The first-order chi connectivity index (χ1) is 13.6. The lowest BCUT2D eigenvalue weighted by atomic mass is 10.2. The molecule has 0 saturated carbocycles. The molecule has 0 bridgehead atoms. The molecule has 0 atom stereocenters. The average Bonchev–Trinajstić information content (AvgIpc) is 2.69. The molecule has 0 spiro atoms. The predicted octanol–water partition coefficient (Wildman–Crippen LogP) is 5.13. The number of rotatable bonds is 8. The van der Waals surface area contributed by atoms with E-state index in [1.165, 1.54) is 11.8 Å². The molecule has 2 aromatic carbocycles. The third-order valence-electron chi connectivity index (χ3n) is 4.52. The molecule has 0 saturated heterocycles. The number of nitrogens with zero attached hydrogens (tertiary/aromatic N) is 3. The first kappa shape index (κ1) is 19.6. The fraction of sp³-hybridized carbons (Fsp3) is 0.273. The molecule has 0 fully saturated rings. The molecular weight excluding hydrogens is 353 g/mol. The Morgan fingerprint density at radius 3 is 2.29 bits per heavy atom. The maximum atomic E-state index is 13.8. The standard InChI is InChI=1S/C22H26FN5/c1-4-28(5-2)19-12-10-18(11-13-19)27-22-14-21(25-16(3)26-22)24-15-17-8-6-7-9-20(17)23/h6-14H,4-5,15H2,1-3H3,(H2,24,25,26,27). The Labute approximate surface area is 165 Å². The van der Waals surface area contributed by atoms with E-state index in [0.717, 1.165) is 18.8 Å². The molecule has 5 nitrogen and oxygen atoms in total. The molecule has 0 radical (unpaired) electrons. The van der Waals surface area contributed by atoms with Crippen LogP contribution in [0.2, 0.25) is 0 Å². The lowest BCUT2D eigenvalue weighted by Gasteiger charge is -2.21. The van der Waals surface area contributed by atoms with E-state index in [2.05, 4.69) is 51.5 Å². The molecule has 3 rings (SSSR count). The monoisotopic (exact) mass is 379 g/mol. The second-order valence-electron chi connectivity index (χ2n) is 6.47. The highest BCUT2D eigenvalue weighted by Crippen LogP contribution is 2.22. The van der Waals surface area contributed by atoms with Crippen LogP contribution in [0.5, 0.6) is 0 Å². The van der Waals surface area contributed by atoms with E-state index < -0.39 is 0 Å². The highest BCUT2D eigenvalue weighted by molar-refractivity contribution is 5.62. The highest BCUT2D eigenvalue weighted by Gasteiger charge is 2.06. The molecule has 0 aliphatic carbocycles. The first-order valence-corrected chi connectivity index (χ1v) is 9.54. The van der Waals surface area contributed by atoms with Crippen molar-refractivity contribution in [1.82, 2.24) is 9.97 Å². The maximum Gasteiger partial charge on any atom is 0.136 e. The molecule has 28 heavy (non-hydrogen) atoms. The Kier molecular flexibility index (Phi) is 6.42. The second kappa shape index (κ2) is 9.17. The summed E-state index contributed by atoms with van der Waals surface area (Å²) in [5, 5.41) is 6.48. The van der Waals surface area contributed by atoms with E-state index in [1.54, 1.807) is 12.1 Å². The minimum Gasteiger partial charge on any atom is -0.372 e. The Morgan fingerprint density at radius 1 is 0.929 bits per heavy atom. The molecule has 3 aromatic rings. The van der Waals surface area contributed by atoms with Gasteiger partial charge in [0.2, 0.25) is 0 Å². The van der Waals surface area contributed by atoms with Gasteiger partial charge in [-0.1, -0.05) is 18.2 Å². The van der Waals surface area contributed by atoms with Crippen molar-refractivity contribution >= 4 is 23.0 Å². The summed E-state index contributed by atoms with van der Waals surface area (Å²) in [4.78, 5) is 11.1. The zero-order valence-corrected chi connectivity index (χ0v) is 16.5. The molecule has 0 unspecified atom stereocenters. The number of nitrogens with one attached hydrogen (secondary N) is 2. The van der Waals surface area contributed by atoms with Crippen molar-refractivity contribution in [2.45, 2.75) is 27.3 Å². The van der Waals surface area contributed by atoms with Gasteiger partial charge in [0.25, 0.3) is 0 Å². The average molecular weight is 379 g/mol. The summed E-state index contributed by atoms with van der Waals surface area (Å²) in [6, 6.07) is 16.8. The van der Waals surface area contributed by atoms with E-state index in [4.69, 9.17) is 0 Å². The summed E-state index contributed by atoms with van der Waals surface area (Å²) in [6.07, 6.45) is 0. The number of aryl methyl sites for hydroxylation is 1. The number of hydrogen-bond donors (Lipinski definition) is 2. The minimum atomic E-state index is -0.229. The first-order valence-electron chi connectivity index (χ1n) is 9.54. The van der Waals surface area contributed by atoms with Crippen LogP contribution >= 0.6 is 0 Å². The lowest BCUT2D eigenvalue weighted by molar-refractivity contribution is 0.613. The molecule has 0 aliphatic rings. The number of benzene rings is 2. The van der Waals surface area contributed by atoms with Crippen LogP contribution in [0.4, 0.5) is 27.4 Å². The fourth-order valence-corrected chi connectivity index (χ4v) is 3.04. The molecular formula is C22H26FN5. The molecule has 2 N–H and O–H groups in total. The number of halogens is 1. The fourth-order valence-electron chi connectivity index (χ4n) is 3.04. The zero-order chi connectivity index (χ0) is 19.9. The largest absolute Gasteiger partial charge is 0.372 e. The molecule has 1 aromatic heterocycles. The van der Waals surface area contributed by atoms with Gasteiger partial charge in [-0.05, 0) is 51.1 Å². The normalized spacial score (nSPS) is 10.6. The topological polar surface area (TPSA) is 53.1 Å². The maximum absolute atomic E-state index is 13.8. The summed E-state index contributed by atoms with van der Waals surface area (Å²) in [5.41, 5.74) is 2.75. The van der Waals surface area contributed by atoms with Gasteiger partial charge in [0.05, 0.1) is 0 Å². The van der Waals surface area contributed by atoms with Gasteiger partial charge in [-0.15, -0.1) is 0 Å². The summed E-state index contributed by atoms with van der Waals surface area (Å²) in [6.45, 7) is 8.45. The van der Waals surface area contributed by atoms with Gasteiger partial charge >= 0.3 is 0 Å². The SMILES string of the molecule is CCN(CC)c1ccc(Nc2cc(NCc3ccccc3F)nc(C)n2)cc1. The van der Waals surface area contributed by atoms with Crippen LogP contribution in [-0.2, 0) is 6.54 Å². The van der Waals surface area contributed by atoms with Crippen molar-refractivity contribution in [2.75, 3.05) is 28.6 Å². The predicted molar refractivity (Wildman–Crippen MR) is 114 cm³/mol. The van der Waals surface area contributed by atoms with Crippen LogP contribution in [0.3, 0.4) is 0 Å². The Hall–Kier alpha value is -3.15. The third kappa shape index (κ3) is 4.97. The van der Waals surface area contributed by atoms with Gasteiger partial charge in [-0.2, -0.15) is 0 Å². The van der Waals surface area contributed by atoms with E-state index in [1.807, 2.05) is 31.2 Å². The van der Waals surface area contributed by atoms with Crippen LogP contribution in [-0.4, -0.2) is 23.1 Å². The van der Waals surface area contributed by atoms with Crippen molar-refractivity contribution in [3.8, 4) is 0 Å². The summed E-state index contributed by atoms with van der Waals surface area (Å²) < 4.78 is 13.8. The Bertz CT molecular complexity index is 907. The van der Waals surface area contributed by atoms with Gasteiger partial charge in [-0.25, -0.2) is 14.4 Å². The quantitative estimate of drug-likeness (QED) is 0.568. The van der Waals surface area contributed by atoms with Gasteiger partial charge in [-0.3, -0.25) is 0 Å². The molecule has 1 heterocycles. The van der Waals surface area contributed by atoms with Crippen molar-refractivity contribution < 1.29 is 4.39 Å². The van der Waals surface area contributed by atoms with E-state index >= 15 is 0 Å².